The maximum Gasteiger partial charge on any atom is 0.269 e. The lowest BCUT2D eigenvalue weighted by atomic mass is 10.2. The first-order valence-corrected chi connectivity index (χ1v) is 7.49. The van der Waals surface area contributed by atoms with E-state index in [1.165, 1.54) is 24.3 Å². The molecule has 0 unspecified atom stereocenters. The summed E-state index contributed by atoms with van der Waals surface area (Å²) in [5.74, 6) is -0.259. The third-order valence-electron chi connectivity index (χ3n) is 2.31. The predicted molar refractivity (Wildman–Crippen MR) is 71.6 cm³/mol. The minimum absolute atomic E-state index is 0.0866. The number of benzene rings is 1. The first-order valence-electron chi connectivity index (χ1n) is 5.84. The number of aliphatic hydroxyl groups is 1. The highest BCUT2D eigenvalue weighted by Crippen LogP contribution is 2.13. The minimum Gasteiger partial charge on any atom is -0.394 e. The largest absolute Gasteiger partial charge is 0.394 e. The first kappa shape index (κ1) is 16.5. The molecular formula is C11H16N2O6S. The Hall–Kier alpha value is -1.55. The molecule has 0 atom stereocenters. The number of non-ortho nitro benzene ring substituents is 1. The number of nitro benzene ring substituents is 1. The molecule has 0 bridgehead atoms. The minimum atomic E-state index is -3.52. The van der Waals surface area contributed by atoms with Crippen LogP contribution in [0.25, 0.3) is 0 Å². The summed E-state index contributed by atoms with van der Waals surface area (Å²) in [6.07, 6.45) is 0. The quantitative estimate of drug-likeness (QED) is 0.377. The predicted octanol–water partition coefficient (Wildman–Crippen LogP) is 0.0231. The van der Waals surface area contributed by atoms with Crippen LogP contribution in [-0.2, 0) is 20.5 Å². The van der Waals surface area contributed by atoms with Gasteiger partial charge in [-0.15, -0.1) is 0 Å². The molecule has 2 N–H and O–H groups in total. The van der Waals surface area contributed by atoms with E-state index in [0.717, 1.165) is 0 Å². The third kappa shape index (κ3) is 6.06. The topological polar surface area (TPSA) is 119 Å². The van der Waals surface area contributed by atoms with Crippen molar-refractivity contribution in [3.05, 3.63) is 39.9 Å². The van der Waals surface area contributed by atoms with Gasteiger partial charge in [0.2, 0.25) is 10.0 Å². The van der Waals surface area contributed by atoms with Crippen LogP contribution in [0.2, 0.25) is 0 Å². The third-order valence-corrected chi connectivity index (χ3v) is 3.67. The van der Waals surface area contributed by atoms with Gasteiger partial charge < -0.3 is 9.84 Å². The van der Waals surface area contributed by atoms with Crippen molar-refractivity contribution in [1.29, 1.82) is 0 Å². The van der Waals surface area contributed by atoms with Crippen molar-refractivity contribution < 1.29 is 23.2 Å². The first-order chi connectivity index (χ1) is 9.44. The second-order valence-corrected chi connectivity index (χ2v) is 5.72. The molecule has 0 spiro atoms. The normalized spacial score (nSPS) is 11.4. The molecule has 0 heterocycles. The molecule has 1 rings (SSSR count). The summed E-state index contributed by atoms with van der Waals surface area (Å²) in [6.45, 7) is 0.314. The van der Waals surface area contributed by atoms with Crippen molar-refractivity contribution in [3.8, 4) is 0 Å². The molecule has 0 saturated carbocycles. The van der Waals surface area contributed by atoms with Crippen LogP contribution in [0.15, 0.2) is 24.3 Å². The van der Waals surface area contributed by atoms with Crippen molar-refractivity contribution in [2.75, 3.05) is 26.4 Å². The highest BCUT2D eigenvalue weighted by Gasteiger charge is 2.12. The van der Waals surface area contributed by atoms with Gasteiger partial charge >= 0.3 is 0 Å². The molecular weight excluding hydrogens is 288 g/mol. The lowest BCUT2D eigenvalue weighted by molar-refractivity contribution is -0.384. The zero-order valence-electron chi connectivity index (χ0n) is 10.7. The molecule has 0 aromatic heterocycles. The van der Waals surface area contributed by atoms with Gasteiger partial charge in [-0.1, -0.05) is 12.1 Å². The number of hydrogen-bond donors (Lipinski definition) is 2. The van der Waals surface area contributed by atoms with Crippen molar-refractivity contribution in [1.82, 2.24) is 4.72 Å². The monoisotopic (exact) mass is 304 g/mol. The summed E-state index contributed by atoms with van der Waals surface area (Å²) in [7, 11) is -3.52. The number of aliphatic hydroxyl groups excluding tert-OH is 1. The molecule has 1 aromatic carbocycles. The molecule has 20 heavy (non-hydrogen) atoms. The van der Waals surface area contributed by atoms with Crippen LogP contribution >= 0.6 is 0 Å². The average molecular weight is 304 g/mol. The van der Waals surface area contributed by atoms with E-state index in [2.05, 4.69) is 4.72 Å². The van der Waals surface area contributed by atoms with E-state index in [1.54, 1.807) is 0 Å². The maximum atomic E-state index is 11.7. The summed E-state index contributed by atoms with van der Waals surface area (Å²) >= 11 is 0. The van der Waals surface area contributed by atoms with E-state index >= 15 is 0 Å². The molecule has 0 saturated heterocycles. The number of ether oxygens (including phenoxy) is 1. The Morgan fingerprint density at radius 2 is 1.90 bits per heavy atom. The fourth-order valence-corrected chi connectivity index (χ4v) is 2.55. The molecule has 0 aliphatic rings. The Labute approximate surface area is 116 Å². The van der Waals surface area contributed by atoms with Crippen molar-refractivity contribution in [3.63, 3.8) is 0 Å². The van der Waals surface area contributed by atoms with E-state index < -0.39 is 14.9 Å². The second kappa shape index (κ2) is 7.90. The van der Waals surface area contributed by atoms with E-state index in [9.17, 15) is 18.5 Å². The molecule has 1 aromatic rings. The second-order valence-electron chi connectivity index (χ2n) is 3.91. The van der Waals surface area contributed by atoms with Crippen LogP contribution in [0.5, 0.6) is 0 Å². The van der Waals surface area contributed by atoms with Gasteiger partial charge in [-0.2, -0.15) is 0 Å². The van der Waals surface area contributed by atoms with Crippen LogP contribution in [0.3, 0.4) is 0 Å². The molecule has 8 nitrogen and oxygen atoms in total. The Bertz CT molecular complexity index is 528. The number of sulfonamides is 1. The number of nitro groups is 1. The van der Waals surface area contributed by atoms with E-state index in [-0.39, 0.29) is 37.8 Å². The molecule has 9 heteroatoms. The van der Waals surface area contributed by atoms with Crippen molar-refractivity contribution >= 4 is 15.7 Å². The zero-order valence-corrected chi connectivity index (χ0v) is 11.5. The standard InChI is InChI=1S/C11H16N2O6S/c14-6-8-19-7-5-12-20(17,18)9-10-1-3-11(4-2-10)13(15)16/h1-4,12,14H,5-9H2. The van der Waals surface area contributed by atoms with Gasteiger partial charge in [-0.05, 0) is 5.56 Å². The van der Waals surface area contributed by atoms with Crippen molar-refractivity contribution in [2.45, 2.75) is 5.75 Å². The Balaban J connectivity index is 2.47. The van der Waals surface area contributed by atoms with Gasteiger partial charge in [0.25, 0.3) is 5.69 Å². The SMILES string of the molecule is O=[N+]([O-])c1ccc(CS(=O)(=O)NCCOCCO)cc1. The van der Waals surface area contributed by atoms with Gasteiger partial charge in [0.1, 0.15) is 0 Å². The summed E-state index contributed by atoms with van der Waals surface area (Å²) in [6, 6.07) is 5.32. The van der Waals surface area contributed by atoms with Gasteiger partial charge in [-0.3, -0.25) is 10.1 Å². The summed E-state index contributed by atoms with van der Waals surface area (Å²) in [4.78, 5) is 9.92. The van der Waals surface area contributed by atoms with E-state index in [1.807, 2.05) is 0 Å². The lowest BCUT2D eigenvalue weighted by Gasteiger charge is -2.07. The van der Waals surface area contributed by atoms with Gasteiger partial charge in [-0.25, -0.2) is 13.1 Å². The van der Waals surface area contributed by atoms with Crippen LogP contribution < -0.4 is 4.72 Å². The number of hydrogen-bond acceptors (Lipinski definition) is 6. The highest BCUT2D eigenvalue weighted by atomic mass is 32.2. The molecule has 0 radical (unpaired) electrons. The van der Waals surface area contributed by atoms with E-state index in [4.69, 9.17) is 9.84 Å². The highest BCUT2D eigenvalue weighted by molar-refractivity contribution is 7.88. The van der Waals surface area contributed by atoms with Gasteiger partial charge in [0.05, 0.1) is 30.5 Å². The number of rotatable bonds is 9. The zero-order chi connectivity index (χ0) is 15.0. The van der Waals surface area contributed by atoms with Crippen molar-refractivity contribution in [2.24, 2.45) is 0 Å². The molecule has 112 valence electrons. The summed E-state index contributed by atoms with van der Waals surface area (Å²) < 4.78 is 30.7. The molecule has 0 aliphatic heterocycles. The van der Waals surface area contributed by atoms with Gasteiger partial charge in [0.15, 0.2) is 0 Å². The van der Waals surface area contributed by atoms with Crippen LogP contribution in [0.4, 0.5) is 5.69 Å². The average Bonchev–Trinajstić information content (AvgIpc) is 2.38. The molecule has 0 fully saturated rings. The van der Waals surface area contributed by atoms with Crippen LogP contribution in [-0.4, -0.2) is 44.8 Å². The Morgan fingerprint density at radius 1 is 1.25 bits per heavy atom. The fourth-order valence-electron chi connectivity index (χ4n) is 1.42. The number of nitrogens with zero attached hydrogens (tertiary/aromatic N) is 1. The van der Waals surface area contributed by atoms with Crippen LogP contribution in [0, 0.1) is 10.1 Å². The summed E-state index contributed by atoms with van der Waals surface area (Å²) in [5, 5.41) is 18.9. The fraction of sp³-hybridized carbons (Fsp3) is 0.455. The molecule has 0 amide bonds. The summed E-state index contributed by atoms with van der Waals surface area (Å²) in [5.41, 5.74) is 0.371. The Morgan fingerprint density at radius 3 is 2.45 bits per heavy atom. The number of nitrogens with one attached hydrogen (secondary N) is 1. The smallest absolute Gasteiger partial charge is 0.269 e. The Kier molecular flexibility index (Phi) is 6.52. The molecule has 0 aliphatic carbocycles. The van der Waals surface area contributed by atoms with Gasteiger partial charge in [0, 0.05) is 18.7 Å². The lowest BCUT2D eigenvalue weighted by Crippen LogP contribution is -2.28. The maximum absolute atomic E-state index is 11.7. The van der Waals surface area contributed by atoms with Crippen LogP contribution in [0.1, 0.15) is 5.56 Å². The van der Waals surface area contributed by atoms with E-state index in [0.29, 0.717) is 5.56 Å².